The number of thioether (sulfide) groups is 1. The minimum Gasteiger partial charge on any atom is -0.466 e. The second-order valence-corrected chi connectivity index (χ2v) is 6.47. The Hall–Kier alpha value is -1.66. The first-order valence-corrected chi connectivity index (χ1v) is 7.75. The summed E-state index contributed by atoms with van der Waals surface area (Å²) in [6.45, 7) is 4.06. The van der Waals surface area contributed by atoms with E-state index in [1.807, 2.05) is 13.8 Å². The molecule has 0 heterocycles. The zero-order valence-electron chi connectivity index (χ0n) is 12.8. The van der Waals surface area contributed by atoms with Crippen LogP contribution in [0.2, 0.25) is 5.02 Å². The molecule has 0 saturated heterocycles. The van der Waals surface area contributed by atoms with Crippen molar-refractivity contribution < 1.29 is 19.1 Å². The van der Waals surface area contributed by atoms with Gasteiger partial charge in [0, 0.05) is 10.1 Å². The molecule has 0 bridgehead atoms. The van der Waals surface area contributed by atoms with Gasteiger partial charge in [-0.2, -0.15) is 0 Å². The fourth-order valence-electron chi connectivity index (χ4n) is 1.54. The summed E-state index contributed by atoms with van der Waals surface area (Å²) in [5.41, 5.74) is 0.592. The van der Waals surface area contributed by atoms with Crippen LogP contribution in [0.1, 0.15) is 13.8 Å². The monoisotopic (exact) mass is 343 g/mol. The van der Waals surface area contributed by atoms with E-state index in [-0.39, 0.29) is 5.70 Å². The molecular formula is C15H18ClNO4S. The van der Waals surface area contributed by atoms with Crippen LogP contribution < -0.4 is 5.32 Å². The molecule has 0 aliphatic rings. The Kier molecular flexibility index (Phi) is 7.27. The van der Waals surface area contributed by atoms with Crippen molar-refractivity contribution in [1.82, 2.24) is 0 Å². The van der Waals surface area contributed by atoms with Crippen molar-refractivity contribution in [3.8, 4) is 0 Å². The summed E-state index contributed by atoms with van der Waals surface area (Å²) < 4.78 is 9.20. The highest BCUT2D eigenvalue weighted by atomic mass is 35.5. The lowest BCUT2D eigenvalue weighted by atomic mass is 10.3. The molecule has 1 aromatic carbocycles. The van der Waals surface area contributed by atoms with E-state index in [0.717, 1.165) is 11.0 Å². The van der Waals surface area contributed by atoms with E-state index in [0.29, 0.717) is 16.0 Å². The van der Waals surface area contributed by atoms with Gasteiger partial charge in [0.1, 0.15) is 5.70 Å². The first-order valence-electron chi connectivity index (χ1n) is 6.49. The van der Waals surface area contributed by atoms with Gasteiger partial charge in [-0.15, -0.1) is 11.8 Å². The number of halogens is 1. The molecule has 0 aliphatic carbocycles. The molecular weight excluding hydrogens is 326 g/mol. The molecule has 7 heteroatoms. The van der Waals surface area contributed by atoms with Gasteiger partial charge < -0.3 is 14.8 Å². The number of rotatable bonds is 6. The van der Waals surface area contributed by atoms with Crippen LogP contribution in [-0.2, 0) is 19.1 Å². The Morgan fingerprint density at radius 2 is 1.95 bits per heavy atom. The first-order chi connectivity index (χ1) is 10.4. The van der Waals surface area contributed by atoms with Crippen molar-refractivity contribution in [1.29, 1.82) is 0 Å². The molecule has 1 rings (SSSR count). The maximum atomic E-state index is 11.8. The van der Waals surface area contributed by atoms with Gasteiger partial charge >= 0.3 is 11.9 Å². The van der Waals surface area contributed by atoms with E-state index in [4.69, 9.17) is 11.6 Å². The molecule has 0 unspecified atom stereocenters. The lowest BCUT2D eigenvalue weighted by Crippen LogP contribution is -2.16. The van der Waals surface area contributed by atoms with Crippen molar-refractivity contribution >= 4 is 41.0 Å². The van der Waals surface area contributed by atoms with Gasteiger partial charge in [0.15, 0.2) is 0 Å². The van der Waals surface area contributed by atoms with Crippen LogP contribution in [0.5, 0.6) is 0 Å². The average Bonchev–Trinajstić information content (AvgIpc) is 2.48. The quantitative estimate of drug-likeness (QED) is 0.484. The minimum absolute atomic E-state index is 0.0257. The molecule has 5 nitrogen and oxygen atoms in total. The predicted molar refractivity (Wildman–Crippen MR) is 88.2 cm³/mol. The normalized spacial score (nSPS) is 11.3. The number of anilines is 1. The van der Waals surface area contributed by atoms with Gasteiger partial charge in [-0.3, -0.25) is 0 Å². The van der Waals surface area contributed by atoms with Crippen LogP contribution in [-0.4, -0.2) is 31.4 Å². The van der Waals surface area contributed by atoms with Crippen molar-refractivity contribution in [2.75, 3.05) is 19.5 Å². The third kappa shape index (κ3) is 5.27. The summed E-state index contributed by atoms with van der Waals surface area (Å²) in [4.78, 5) is 24.0. The number of esters is 2. The SMILES string of the molecule is COC(=O)/C=C(/Nc1cccc(Cl)c1SC(C)C)C(=O)OC. The summed E-state index contributed by atoms with van der Waals surface area (Å²) in [5, 5.41) is 3.75. The molecule has 0 amide bonds. The number of carbonyl (C=O) groups excluding carboxylic acids is 2. The van der Waals surface area contributed by atoms with Crippen LogP contribution in [0.15, 0.2) is 34.9 Å². The maximum Gasteiger partial charge on any atom is 0.354 e. The Balaban J connectivity index is 3.18. The van der Waals surface area contributed by atoms with Gasteiger partial charge in [-0.1, -0.05) is 31.5 Å². The second-order valence-electron chi connectivity index (χ2n) is 4.48. The van der Waals surface area contributed by atoms with Gasteiger partial charge in [0.25, 0.3) is 0 Å². The molecule has 120 valence electrons. The number of hydrogen-bond acceptors (Lipinski definition) is 6. The van der Waals surface area contributed by atoms with E-state index in [1.165, 1.54) is 14.2 Å². The first kappa shape index (κ1) is 18.4. The van der Waals surface area contributed by atoms with Crippen molar-refractivity contribution in [3.63, 3.8) is 0 Å². The number of ether oxygens (including phenoxy) is 2. The molecule has 1 N–H and O–H groups in total. The zero-order chi connectivity index (χ0) is 16.7. The van der Waals surface area contributed by atoms with Gasteiger partial charge in [0.05, 0.1) is 31.0 Å². The fourth-order valence-corrected chi connectivity index (χ4v) is 2.75. The summed E-state index contributed by atoms with van der Waals surface area (Å²) in [5.74, 6) is -1.33. The van der Waals surface area contributed by atoms with Crippen molar-refractivity contribution in [2.45, 2.75) is 24.0 Å². The summed E-state index contributed by atoms with van der Waals surface area (Å²) in [7, 11) is 2.46. The van der Waals surface area contributed by atoms with Crippen LogP contribution in [0.25, 0.3) is 0 Å². The molecule has 0 aromatic heterocycles. The summed E-state index contributed by atoms with van der Waals surface area (Å²) >= 11 is 7.76. The number of carbonyl (C=O) groups is 2. The zero-order valence-corrected chi connectivity index (χ0v) is 14.4. The fraction of sp³-hybridized carbons (Fsp3) is 0.333. The molecule has 0 radical (unpaired) electrons. The van der Waals surface area contributed by atoms with Crippen LogP contribution in [0.3, 0.4) is 0 Å². The van der Waals surface area contributed by atoms with Crippen LogP contribution >= 0.6 is 23.4 Å². The average molecular weight is 344 g/mol. The van der Waals surface area contributed by atoms with E-state index >= 15 is 0 Å². The van der Waals surface area contributed by atoms with E-state index in [2.05, 4.69) is 14.8 Å². The van der Waals surface area contributed by atoms with E-state index < -0.39 is 11.9 Å². The number of methoxy groups -OCH3 is 2. The Labute approximate surface area is 139 Å². The molecule has 22 heavy (non-hydrogen) atoms. The second kappa shape index (κ2) is 8.70. The highest BCUT2D eigenvalue weighted by Gasteiger charge is 2.16. The topological polar surface area (TPSA) is 64.6 Å². The van der Waals surface area contributed by atoms with E-state index in [9.17, 15) is 9.59 Å². The highest BCUT2D eigenvalue weighted by molar-refractivity contribution is 8.00. The van der Waals surface area contributed by atoms with Gasteiger partial charge in [-0.05, 0) is 12.1 Å². The van der Waals surface area contributed by atoms with Gasteiger partial charge in [0.2, 0.25) is 0 Å². The number of nitrogens with one attached hydrogen (secondary N) is 1. The number of hydrogen-bond donors (Lipinski definition) is 1. The lowest BCUT2D eigenvalue weighted by Gasteiger charge is -2.15. The number of benzene rings is 1. The molecule has 0 aliphatic heterocycles. The van der Waals surface area contributed by atoms with Gasteiger partial charge in [-0.25, -0.2) is 9.59 Å². The standard InChI is InChI=1S/C15H18ClNO4S/c1-9(2)22-14-10(16)6-5-7-11(14)17-12(15(19)21-4)8-13(18)20-3/h5-9,17H,1-4H3/b12-8+. The Morgan fingerprint density at radius 3 is 2.50 bits per heavy atom. The summed E-state index contributed by atoms with van der Waals surface area (Å²) in [6, 6.07) is 5.28. The van der Waals surface area contributed by atoms with Crippen LogP contribution in [0.4, 0.5) is 5.69 Å². The third-order valence-electron chi connectivity index (χ3n) is 2.46. The lowest BCUT2D eigenvalue weighted by molar-refractivity contribution is -0.138. The molecule has 0 saturated carbocycles. The van der Waals surface area contributed by atoms with E-state index in [1.54, 1.807) is 30.0 Å². The summed E-state index contributed by atoms with van der Waals surface area (Å²) in [6.07, 6.45) is 1.04. The maximum absolute atomic E-state index is 11.8. The highest BCUT2D eigenvalue weighted by Crippen LogP contribution is 2.37. The molecule has 0 spiro atoms. The Bertz CT molecular complexity index is 587. The molecule has 0 atom stereocenters. The largest absolute Gasteiger partial charge is 0.466 e. The smallest absolute Gasteiger partial charge is 0.354 e. The molecule has 1 aromatic rings. The van der Waals surface area contributed by atoms with Crippen molar-refractivity contribution in [3.05, 3.63) is 35.0 Å². The predicted octanol–water partition coefficient (Wildman–Crippen LogP) is 3.48. The van der Waals surface area contributed by atoms with Crippen molar-refractivity contribution in [2.24, 2.45) is 0 Å². The third-order valence-corrected chi connectivity index (χ3v) is 4.03. The Morgan fingerprint density at radius 1 is 1.27 bits per heavy atom. The molecule has 0 fully saturated rings. The minimum atomic E-state index is -0.675. The van der Waals surface area contributed by atoms with Crippen LogP contribution in [0, 0.1) is 0 Å².